The lowest BCUT2D eigenvalue weighted by atomic mass is 10.1. The van der Waals surface area contributed by atoms with Gasteiger partial charge in [0.1, 0.15) is 5.82 Å². The van der Waals surface area contributed by atoms with Crippen molar-refractivity contribution in [2.24, 2.45) is 0 Å². The smallest absolute Gasteiger partial charge is 0.248 e. The number of anilines is 1. The maximum absolute atomic E-state index is 13.1. The molecule has 0 unspecified atom stereocenters. The van der Waals surface area contributed by atoms with Crippen LogP contribution < -0.4 is 14.8 Å². The number of carbonyl (C=O) groups excluding carboxylic acids is 1. The van der Waals surface area contributed by atoms with Gasteiger partial charge in [0.05, 0.1) is 14.2 Å². The van der Waals surface area contributed by atoms with Crippen LogP contribution in [-0.4, -0.2) is 20.1 Å². The third-order valence-corrected chi connectivity index (χ3v) is 3.26. The average molecular weight is 315 g/mol. The summed E-state index contributed by atoms with van der Waals surface area (Å²) in [4.78, 5) is 12.0. The van der Waals surface area contributed by atoms with Gasteiger partial charge in [-0.1, -0.05) is 12.1 Å². The summed E-state index contributed by atoms with van der Waals surface area (Å²) in [5.74, 6) is 0.466. The summed E-state index contributed by atoms with van der Waals surface area (Å²) in [6.45, 7) is 1.86. The number of halogens is 1. The minimum absolute atomic E-state index is 0.315. The molecule has 1 N–H and O–H groups in total. The predicted octanol–water partition coefficient (Wildman–Crippen LogP) is 3.80. The molecule has 0 heterocycles. The Bertz CT molecular complexity index is 741. The van der Waals surface area contributed by atoms with E-state index < -0.39 is 0 Å². The van der Waals surface area contributed by atoms with Crippen LogP contribution in [0.3, 0.4) is 0 Å². The Labute approximate surface area is 134 Å². The number of hydrogen-bond donors (Lipinski definition) is 1. The summed E-state index contributed by atoms with van der Waals surface area (Å²) >= 11 is 0. The highest BCUT2D eigenvalue weighted by atomic mass is 19.1. The summed E-state index contributed by atoms with van der Waals surface area (Å²) in [5.41, 5.74) is 2.08. The molecule has 0 saturated carbocycles. The maximum Gasteiger partial charge on any atom is 0.248 e. The van der Waals surface area contributed by atoms with Gasteiger partial charge >= 0.3 is 0 Å². The number of aryl methyl sites for hydroxylation is 1. The van der Waals surface area contributed by atoms with Gasteiger partial charge in [0.15, 0.2) is 11.5 Å². The fourth-order valence-corrected chi connectivity index (χ4v) is 2.07. The van der Waals surface area contributed by atoms with Crippen LogP contribution in [0.25, 0.3) is 6.08 Å². The standard InChI is InChI=1S/C18H18FNO3/c1-12-9-16(22-2)17(23-3)11-15(12)20-18(21)8-7-13-5-4-6-14(19)10-13/h4-11H,1-3H3,(H,20,21)/b8-7+. The Balaban J connectivity index is 2.14. The number of nitrogens with one attached hydrogen (secondary N) is 1. The van der Waals surface area contributed by atoms with Crippen molar-refractivity contribution in [3.8, 4) is 11.5 Å². The van der Waals surface area contributed by atoms with E-state index in [1.807, 2.05) is 6.92 Å². The van der Waals surface area contributed by atoms with Crippen LogP contribution in [-0.2, 0) is 4.79 Å². The molecule has 0 aliphatic heterocycles. The third kappa shape index (κ3) is 4.32. The molecule has 0 aliphatic rings. The molecule has 0 radical (unpaired) electrons. The van der Waals surface area contributed by atoms with Crippen molar-refractivity contribution in [3.63, 3.8) is 0 Å². The molecule has 0 saturated heterocycles. The molecule has 0 bridgehead atoms. The van der Waals surface area contributed by atoms with Gasteiger partial charge in [0.25, 0.3) is 0 Å². The molecule has 0 aromatic heterocycles. The summed E-state index contributed by atoms with van der Waals surface area (Å²) in [7, 11) is 3.08. The van der Waals surface area contributed by atoms with E-state index >= 15 is 0 Å². The Kier molecular flexibility index (Phi) is 5.36. The molecule has 2 aromatic rings. The summed E-state index contributed by atoms with van der Waals surface area (Å²) in [5, 5.41) is 2.77. The quantitative estimate of drug-likeness (QED) is 0.854. The zero-order valence-electron chi connectivity index (χ0n) is 13.2. The van der Waals surface area contributed by atoms with Gasteiger partial charge in [-0.15, -0.1) is 0 Å². The number of hydrogen-bond acceptors (Lipinski definition) is 3. The van der Waals surface area contributed by atoms with Crippen molar-refractivity contribution in [2.45, 2.75) is 6.92 Å². The molecule has 0 fully saturated rings. The fraction of sp³-hybridized carbons (Fsp3) is 0.167. The van der Waals surface area contributed by atoms with E-state index in [9.17, 15) is 9.18 Å². The highest BCUT2D eigenvalue weighted by Crippen LogP contribution is 2.32. The second-order valence-corrected chi connectivity index (χ2v) is 4.90. The molecule has 4 nitrogen and oxygen atoms in total. The van der Waals surface area contributed by atoms with Crippen LogP contribution in [0.4, 0.5) is 10.1 Å². The van der Waals surface area contributed by atoms with Gasteiger partial charge in [-0.05, 0) is 42.3 Å². The van der Waals surface area contributed by atoms with E-state index in [1.165, 1.54) is 25.3 Å². The van der Waals surface area contributed by atoms with E-state index in [-0.39, 0.29) is 11.7 Å². The van der Waals surface area contributed by atoms with Crippen LogP contribution in [0.15, 0.2) is 42.5 Å². The predicted molar refractivity (Wildman–Crippen MR) is 88.3 cm³/mol. The SMILES string of the molecule is COc1cc(C)c(NC(=O)/C=C/c2cccc(F)c2)cc1OC. The molecule has 2 aromatic carbocycles. The van der Waals surface area contributed by atoms with Crippen molar-refractivity contribution < 1.29 is 18.7 Å². The topological polar surface area (TPSA) is 47.6 Å². The van der Waals surface area contributed by atoms with Gasteiger partial charge in [-0.25, -0.2) is 4.39 Å². The molecule has 23 heavy (non-hydrogen) atoms. The minimum atomic E-state index is -0.344. The Hall–Kier alpha value is -2.82. The van der Waals surface area contributed by atoms with E-state index in [0.717, 1.165) is 5.56 Å². The third-order valence-electron chi connectivity index (χ3n) is 3.26. The first-order chi connectivity index (χ1) is 11.0. The first-order valence-corrected chi connectivity index (χ1v) is 7.00. The maximum atomic E-state index is 13.1. The summed E-state index contributed by atoms with van der Waals surface area (Å²) in [6.07, 6.45) is 2.90. The normalized spacial score (nSPS) is 10.6. The number of benzene rings is 2. The fourth-order valence-electron chi connectivity index (χ4n) is 2.07. The lowest BCUT2D eigenvalue weighted by Gasteiger charge is -2.12. The van der Waals surface area contributed by atoms with E-state index in [0.29, 0.717) is 22.7 Å². The number of ether oxygens (including phenoxy) is 2. The first kappa shape index (κ1) is 16.5. The van der Waals surface area contributed by atoms with Crippen LogP contribution in [0, 0.1) is 12.7 Å². The number of methoxy groups -OCH3 is 2. The average Bonchev–Trinajstić information content (AvgIpc) is 2.54. The van der Waals surface area contributed by atoms with Crippen LogP contribution in [0.1, 0.15) is 11.1 Å². The van der Waals surface area contributed by atoms with Crippen LogP contribution >= 0.6 is 0 Å². The summed E-state index contributed by atoms with van der Waals surface area (Å²) < 4.78 is 23.5. The molecule has 0 aliphatic carbocycles. The molecular weight excluding hydrogens is 297 g/mol. The first-order valence-electron chi connectivity index (χ1n) is 7.00. The molecule has 0 atom stereocenters. The zero-order chi connectivity index (χ0) is 16.8. The second kappa shape index (κ2) is 7.45. The zero-order valence-corrected chi connectivity index (χ0v) is 13.2. The Morgan fingerprint density at radius 1 is 1.13 bits per heavy atom. The van der Waals surface area contributed by atoms with Crippen molar-refractivity contribution in [1.29, 1.82) is 0 Å². The highest BCUT2D eigenvalue weighted by Gasteiger charge is 2.09. The van der Waals surface area contributed by atoms with Crippen molar-refractivity contribution in [3.05, 3.63) is 59.4 Å². The van der Waals surface area contributed by atoms with Crippen LogP contribution in [0.2, 0.25) is 0 Å². The van der Waals surface area contributed by atoms with E-state index in [1.54, 1.807) is 37.5 Å². The highest BCUT2D eigenvalue weighted by molar-refractivity contribution is 6.02. The second-order valence-electron chi connectivity index (χ2n) is 4.90. The largest absolute Gasteiger partial charge is 0.493 e. The Morgan fingerprint density at radius 3 is 2.48 bits per heavy atom. The van der Waals surface area contributed by atoms with Crippen molar-refractivity contribution >= 4 is 17.7 Å². The summed E-state index contributed by atoms with van der Waals surface area (Å²) in [6, 6.07) is 9.49. The van der Waals surface area contributed by atoms with Crippen molar-refractivity contribution in [2.75, 3.05) is 19.5 Å². The minimum Gasteiger partial charge on any atom is -0.493 e. The molecule has 0 spiro atoms. The molecule has 120 valence electrons. The molecular formula is C18H18FNO3. The molecule has 1 amide bonds. The number of amides is 1. The van der Waals surface area contributed by atoms with Gasteiger partial charge < -0.3 is 14.8 Å². The van der Waals surface area contributed by atoms with Gasteiger partial charge in [-0.3, -0.25) is 4.79 Å². The monoisotopic (exact) mass is 315 g/mol. The lowest BCUT2D eigenvalue weighted by Crippen LogP contribution is -2.09. The van der Waals surface area contributed by atoms with Gasteiger partial charge in [0, 0.05) is 17.8 Å². The van der Waals surface area contributed by atoms with Crippen LogP contribution in [0.5, 0.6) is 11.5 Å². The number of rotatable bonds is 5. The van der Waals surface area contributed by atoms with E-state index in [2.05, 4.69) is 5.32 Å². The van der Waals surface area contributed by atoms with Gasteiger partial charge in [0.2, 0.25) is 5.91 Å². The molecule has 2 rings (SSSR count). The van der Waals surface area contributed by atoms with Crippen molar-refractivity contribution in [1.82, 2.24) is 0 Å². The van der Waals surface area contributed by atoms with E-state index in [4.69, 9.17) is 9.47 Å². The molecule has 5 heteroatoms. The lowest BCUT2D eigenvalue weighted by molar-refractivity contribution is -0.111. The Morgan fingerprint density at radius 2 is 1.83 bits per heavy atom. The number of carbonyl (C=O) groups is 1. The van der Waals surface area contributed by atoms with Gasteiger partial charge in [-0.2, -0.15) is 0 Å².